The molecule has 0 aliphatic carbocycles. The SMILES string of the molecule is CC1=C(C(=O)Nc2ccc(F)c(F)c2)[C@H](c2ccccc2Cl)NC(=O)N1. The number of rotatable bonds is 3. The van der Waals surface area contributed by atoms with Crippen molar-refractivity contribution in [3.63, 3.8) is 0 Å². The Morgan fingerprint density at radius 3 is 2.58 bits per heavy atom. The summed E-state index contributed by atoms with van der Waals surface area (Å²) in [6.45, 7) is 1.57. The highest BCUT2D eigenvalue weighted by Gasteiger charge is 2.32. The maximum absolute atomic E-state index is 13.4. The fourth-order valence-electron chi connectivity index (χ4n) is 2.71. The van der Waals surface area contributed by atoms with Gasteiger partial charge in [0.25, 0.3) is 5.91 Å². The van der Waals surface area contributed by atoms with Crippen molar-refractivity contribution in [1.29, 1.82) is 0 Å². The Balaban J connectivity index is 1.97. The molecule has 1 atom stereocenters. The summed E-state index contributed by atoms with van der Waals surface area (Å²) in [4.78, 5) is 24.6. The predicted molar refractivity (Wildman–Crippen MR) is 93.5 cm³/mol. The lowest BCUT2D eigenvalue weighted by Crippen LogP contribution is -2.46. The molecule has 3 amide bonds. The van der Waals surface area contributed by atoms with Crippen LogP contribution in [0.25, 0.3) is 0 Å². The minimum Gasteiger partial charge on any atom is -0.327 e. The highest BCUT2D eigenvalue weighted by atomic mass is 35.5. The maximum atomic E-state index is 13.4. The first-order valence-electron chi connectivity index (χ1n) is 7.66. The summed E-state index contributed by atoms with van der Waals surface area (Å²) < 4.78 is 26.4. The molecule has 0 radical (unpaired) electrons. The van der Waals surface area contributed by atoms with E-state index in [0.29, 0.717) is 16.3 Å². The first kappa shape index (κ1) is 17.9. The minimum atomic E-state index is -1.08. The molecule has 8 heteroatoms. The molecule has 3 rings (SSSR count). The third-order valence-electron chi connectivity index (χ3n) is 3.91. The lowest BCUT2D eigenvalue weighted by molar-refractivity contribution is -0.113. The Kier molecular flexibility index (Phi) is 4.90. The van der Waals surface area contributed by atoms with Crippen LogP contribution in [0.1, 0.15) is 18.5 Å². The fraction of sp³-hybridized carbons (Fsp3) is 0.111. The maximum Gasteiger partial charge on any atom is 0.319 e. The molecule has 0 fully saturated rings. The van der Waals surface area contributed by atoms with Crippen molar-refractivity contribution in [3.8, 4) is 0 Å². The van der Waals surface area contributed by atoms with Crippen LogP contribution in [-0.4, -0.2) is 11.9 Å². The van der Waals surface area contributed by atoms with Crippen LogP contribution in [0.4, 0.5) is 19.3 Å². The average molecular weight is 378 g/mol. The fourth-order valence-corrected chi connectivity index (χ4v) is 2.95. The van der Waals surface area contributed by atoms with Crippen LogP contribution in [0.5, 0.6) is 0 Å². The first-order valence-corrected chi connectivity index (χ1v) is 8.03. The van der Waals surface area contributed by atoms with Gasteiger partial charge >= 0.3 is 6.03 Å². The van der Waals surface area contributed by atoms with Gasteiger partial charge in [-0.15, -0.1) is 0 Å². The number of amides is 3. The molecule has 2 aromatic rings. The highest BCUT2D eigenvalue weighted by molar-refractivity contribution is 6.31. The number of anilines is 1. The Morgan fingerprint density at radius 2 is 1.88 bits per heavy atom. The molecule has 3 N–H and O–H groups in total. The molecule has 0 aromatic heterocycles. The van der Waals surface area contributed by atoms with E-state index in [1.807, 2.05) is 0 Å². The van der Waals surface area contributed by atoms with E-state index in [2.05, 4.69) is 16.0 Å². The lowest BCUT2D eigenvalue weighted by Gasteiger charge is -2.29. The standard InChI is InChI=1S/C18H14ClF2N3O2/c1-9-15(17(25)23-10-6-7-13(20)14(21)8-10)16(24-18(26)22-9)11-4-2-3-5-12(11)19/h2-8,16H,1H3,(H,23,25)(H2,22,24,26)/t16-/m0/s1. The summed E-state index contributed by atoms with van der Waals surface area (Å²) >= 11 is 6.20. The number of urea groups is 1. The van der Waals surface area contributed by atoms with Crippen molar-refractivity contribution < 1.29 is 18.4 Å². The van der Waals surface area contributed by atoms with Crippen molar-refractivity contribution >= 4 is 29.2 Å². The molecule has 1 aliphatic rings. The van der Waals surface area contributed by atoms with Crippen LogP contribution >= 0.6 is 11.6 Å². The van der Waals surface area contributed by atoms with Gasteiger partial charge in [0.05, 0.1) is 11.6 Å². The summed E-state index contributed by atoms with van der Waals surface area (Å²) in [7, 11) is 0. The normalized spacial score (nSPS) is 16.8. The Labute approximate surface area is 153 Å². The zero-order valence-corrected chi connectivity index (χ0v) is 14.3. The molecule has 2 aromatic carbocycles. The Morgan fingerprint density at radius 1 is 1.15 bits per heavy atom. The third kappa shape index (κ3) is 3.52. The number of nitrogens with one attached hydrogen (secondary N) is 3. The molecule has 134 valence electrons. The van der Waals surface area contributed by atoms with E-state index in [4.69, 9.17) is 11.6 Å². The number of hydrogen-bond donors (Lipinski definition) is 3. The molecular formula is C18H14ClF2N3O2. The van der Waals surface area contributed by atoms with E-state index in [1.54, 1.807) is 31.2 Å². The summed E-state index contributed by atoms with van der Waals surface area (Å²) in [5.41, 5.74) is 1.17. The van der Waals surface area contributed by atoms with Gasteiger partial charge in [0, 0.05) is 22.5 Å². The number of benzene rings is 2. The topological polar surface area (TPSA) is 70.2 Å². The molecule has 0 bridgehead atoms. The van der Waals surface area contributed by atoms with E-state index in [0.717, 1.165) is 12.1 Å². The minimum absolute atomic E-state index is 0.0870. The van der Waals surface area contributed by atoms with Crippen molar-refractivity contribution in [2.45, 2.75) is 13.0 Å². The number of halogens is 3. The van der Waals surface area contributed by atoms with Crippen LogP contribution < -0.4 is 16.0 Å². The molecule has 0 unspecified atom stereocenters. The Bertz CT molecular complexity index is 930. The van der Waals surface area contributed by atoms with Crippen LogP contribution in [0.2, 0.25) is 5.02 Å². The largest absolute Gasteiger partial charge is 0.327 e. The second kappa shape index (κ2) is 7.13. The molecule has 0 spiro atoms. The molecule has 0 saturated carbocycles. The van der Waals surface area contributed by atoms with E-state index < -0.39 is 29.6 Å². The number of hydrogen-bond acceptors (Lipinski definition) is 2. The van der Waals surface area contributed by atoms with E-state index >= 15 is 0 Å². The summed E-state index contributed by atoms with van der Waals surface area (Å²) in [6.07, 6.45) is 0. The monoisotopic (exact) mass is 377 g/mol. The van der Waals surface area contributed by atoms with Gasteiger partial charge < -0.3 is 16.0 Å². The number of allylic oxidation sites excluding steroid dienone is 1. The van der Waals surface area contributed by atoms with Gasteiger partial charge in [0.2, 0.25) is 0 Å². The van der Waals surface area contributed by atoms with Gasteiger partial charge in [-0.2, -0.15) is 0 Å². The van der Waals surface area contributed by atoms with Gasteiger partial charge in [0.15, 0.2) is 11.6 Å². The summed E-state index contributed by atoms with van der Waals surface area (Å²) in [5, 5.41) is 8.07. The Hall–Kier alpha value is -2.93. The van der Waals surface area contributed by atoms with Gasteiger partial charge in [-0.25, -0.2) is 13.6 Å². The van der Waals surface area contributed by atoms with Crippen molar-refractivity contribution in [1.82, 2.24) is 10.6 Å². The average Bonchev–Trinajstić information content (AvgIpc) is 2.57. The van der Waals surface area contributed by atoms with Crippen molar-refractivity contribution in [2.75, 3.05) is 5.32 Å². The second-order valence-electron chi connectivity index (χ2n) is 5.67. The van der Waals surface area contributed by atoms with E-state index in [-0.39, 0.29) is 11.3 Å². The van der Waals surface area contributed by atoms with Crippen LogP contribution in [0, 0.1) is 11.6 Å². The second-order valence-corrected chi connectivity index (χ2v) is 6.08. The zero-order valence-electron chi connectivity index (χ0n) is 13.6. The van der Waals surface area contributed by atoms with Gasteiger partial charge in [-0.3, -0.25) is 4.79 Å². The number of carbonyl (C=O) groups excluding carboxylic acids is 2. The quantitative estimate of drug-likeness (QED) is 0.759. The molecule has 1 heterocycles. The van der Waals surface area contributed by atoms with Crippen molar-refractivity contribution in [3.05, 3.63) is 76.0 Å². The first-order chi connectivity index (χ1) is 12.4. The molecule has 5 nitrogen and oxygen atoms in total. The van der Waals surface area contributed by atoms with Crippen LogP contribution in [0.15, 0.2) is 53.7 Å². The molecule has 0 saturated heterocycles. The van der Waals surface area contributed by atoms with Gasteiger partial charge in [-0.1, -0.05) is 29.8 Å². The third-order valence-corrected chi connectivity index (χ3v) is 4.25. The number of carbonyl (C=O) groups is 2. The molecular weight excluding hydrogens is 364 g/mol. The molecule has 26 heavy (non-hydrogen) atoms. The van der Waals surface area contributed by atoms with E-state index in [9.17, 15) is 18.4 Å². The summed E-state index contributed by atoms with van der Waals surface area (Å²) in [6, 6.07) is 8.57. The zero-order chi connectivity index (χ0) is 18.8. The van der Waals surface area contributed by atoms with Crippen LogP contribution in [-0.2, 0) is 4.79 Å². The van der Waals surface area contributed by atoms with Gasteiger partial charge in [0.1, 0.15) is 0 Å². The van der Waals surface area contributed by atoms with E-state index in [1.165, 1.54) is 6.07 Å². The van der Waals surface area contributed by atoms with Crippen LogP contribution in [0.3, 0.4) is 0 Å². The molecule has 1 aliphatic heterocycles. The lowest BCUT2D eigenvalue weighted by atomic mass is 9.94. The predicted octanol–water partition coefficient (Wildman–Crippen LogP) is 3.88. The van der Waals surface area contributed by atoms with Gasteiger partial charge in [-0.05, 0) is 30.7 Å². The smallest absolute Gasteiger partial charge is 0.319 e. The van der Waals surface area contributed by atoms with Crippen molar-refractivity contribution in [2.24, 2.45) is 0 Å². The highest BCUT2D eigenvalue weighted by Crippen LogP contribution is 2.32. The summed E-state index contributed by atoms with van der Waals surface area (Å²) in [5.74, 6) is -2.67.